The minimum atomic E-state index is -0.366. The molecule has 0 aromatic heterocycles. The third kappa shape index (κ3) is 8.37. The summed E-state index contributed by atoms with van der Waals surface area (Å²) in [6.07, 6.45) is 11.0. The highest BCUT2D eigenvalue weighted by atomic mass is 16.5. The van der Waals surface area contributed by atoms with E-state index in [1.54, 1.807) is 12.1 Å². The Morgan fingerprint density at radius 2 is 1.18 bits per heavy atom. The number of unbranched alkanes of at least 4 members (excludes halogenated alkanes) is 6. The van der Waals surface area contributed by atoms with Gasteiger partial charge in [-0.15, -0.1) is 0 Å². The molecule has 0 aliphatic carbocycles. The summed E-state index contributed by atoms with van der Waals surface area (Å²) in [5.41, 5.74) is 4.17. The van der Waals surface area contributed by atoms with Crippen LogP contribution in [0.5, 0.6) is 11.5 Å². The van der Waals surface area contributed by atoms with Crippen molar-refractivity contribution in [1.82, 2.24) is 0 Å². The molecule has 0 fully saturated rings. The van der Waals surface area contributed by atoms with Crippen LogP contribution < -0.4 is 9.47 Å². The van der Waals surface area contributed by atoms with Crippen molar-refractivity contribution in [3.63, 3.8) is 0 Å². The number of hydrogen-bond donors (Lipinski definition) is 0. The average molecular weight is 459 g/mol. The van der Waals surface area contributed by atoms with Crippen LogP contribution in [0, 0.1) is 0 Å². The van der Waals surface area contributed by atoms with Crippen molar-refractivity contribution in [2.45, 2.75) is 71.6 Å². The van der Waals surface area contributed by atoms with E-state index in [2.05, 4.69) is 38.1 Å². The lowest BCUT2D eigenvalue weighted by Gasteiger charge is -2.08. The summed E-state index contributed by atoms with van der Waals surface area (Å²) in [4.78, 5) is 12.5. The van der Waals surface area contributed by atoms with Gasteiger partial charge in [0.15, 0.2) is 0 Å². The number of hydrogen-bond acceptors (Lipinski definition) is 3. The number of rotatable bonds is 14. The third-order valence-electron chi connectivity index (χ3n) is 6.03. The molecular formula is C31H38O3. The first-order valence-corrected chi connectivity index (χ1v) is 12.8. The van der Waals surface area contributed by atoms with E-state index in [0.717, 1.165) is 24.2 Å². The van der Waals surface area contributed by atoms with Gasteiger partial charge in [0.25, 0.3) is 0 Å². The van der Waals surface area contributed by atoms with Crippen LogP contribution in [-0.2, 0) is 6.42 Å². The fraction of sp³-hybridized carbons (Fsp3) is 0.387. The van der Waals surface area contributed by atoms with Gasteiger partial charge in [-0.2, -0.15) is 0 Å². The van der Waals surface area contributed by atoms with Crippen LogP contribution in [0.1, 0.15) is 81.1 Å². The monoisotopic (exact) mass is 458 g/mol. The number of aryl methyl sites for hydroxylation is 1. The molecule has 0 aliphatic rings. The molecule has 0 bridgehead atoms. The normalized spacial score (nSPS) is 10.8. The smallest absolute Gasteiger partial charge is 0.343 e. The zero-order chi connectivity index (χ0) is 24.0. The first-order valence-electron chi connectivity index (χ1n) is 12.8. The molecule has 3 nitrogen and oxygen atoms in total. The molecule has 3 heteroatoms. The number of benzene rings is 3. The van der Waals surface area contributed by atoms with Gasteiger partial charge < -0.3 is 9.47 Å². The molecule has 0 radical (unpaired) electrons. The zero-order valence-electron chi connectivity index (χ0n) is 20.7. The Balaban J connectivity index is 1.48. The lowest BCUT2D eigenvalue weighted by atomic mass is 10.0. The van der Waals surface area contributed by atoms with Gasteiger partial charge in [0.2, 0.25) is 0 Å². The van der Waals surface area contributed by atoms with E-state index >= 15 is 0 Å². The molecule has 3 rings (SSSR count). The van der Waals surface area contributed by atoms with Gasteiger partial charge in [0.05, 0.1) is 12.2 Å². The average Bonchev–Trinajstić information content (AvgIpc) is 2.88. The molecule has 0 saturated carbocycles. The lowest BCUT2D eigenvalue weighted by Crippen LogP contribution is -2.08. The Bertz CT molecular complexity index is 973. The van der Waals surface area contributed by atoms with E-state index in [4.69, 9.17) is 9.47 Å². The third-order valence-corrected chi connectivity index (χ3v) is 6.03. The van der Waals surface area contributed by atoms with Gasteiger partial charge in [-0.1, -0.05) is 88.8 Å². The Kier molecular flexibility index (Phi) is 10.7. The van der Waals surface area contributed by atoms with E-state index in [-0.39, 0.29) is 5.97 Å². The highest BCUT2D eigenvalue weighted by Gasteiger charge is 2.09. The van der Waals surface area contributed by atoms with Crippen LogP contribution in [0.25, 0.3) is 11.1 Å². The Morgan fingerprint density at radius 3 is 1.79 bits per heavy atom. The van der Waals surface area contributed by atoms with Crippen LogP contribution in [0.3, 0.4) is 0 Å². The molecule has 0 heterocycles. The zero-order valence-corrected chi connectivity index (χ0v) is 20.7. The largest absolute Gasteiger partial charge is 0.494 e. The Morgan fingerprint density at radius 1 is 0.618 bits per heavy atom. The molecule has 3 aromatic rings. The minimum absolute atomic E-state index is 0.366. The number of ether oxygens (including phenoxy) is 2. The van der Waals surface area contributed by atoms with E-state index < -0.39 is 0 Å². The second-order valence-corrected chi connectivity index (χ2v) is 8.85. The fourth-order valence-electron chi connectivity index (χ4n) is 3.91. The number of carbonyl (C=O) groups excluding carboxylic acids is 1. The Labute approximate surface area is 205 Å². The Hall–Kier alpha value is -3.07. The van der Waals surface area contributed by atoms with Gasteiger partial charge in [0.1, 0.15) is 11.5 Å². The molecule has 0 spiro atoms. The van der Waals surface area contributed by atoms with E-state index in [1.165, 1.54) is 56.1 Å². The number of carbonyl (C=O) groups is 1. The molecule has 0 saturated heterocycles. The summed E-state index contributed by atoms with van der Waals surface area (Å²) in [6, 6.07) is 23.6. The maximum absolute atomic E-state index is 12.5. The summed E-state index contributed by atoms with van der Waals surface area (Å²) < 4.78 is 11.3. The van der Waals surface area contributed by atoms with Crippen LogP contribution in [0.4, 0.5) is 0 Å². The molecule has 0 unspecified atom stereocenters. The summed E-state index contributed by atoms with van der Waals surface area (Å²) in [5, 5.41) is 0. The van der Waals surface area contributed by atoms with Gasteiger partial charge in [-0.25, -0.2) is 4.79 Å². The molecule has 0 aliphatic heterocycles. The molecule has 0 atom stereocenters. The van der Waals surface area contributed by atoms with E-state index in [9.17, 15) is 4.79 Å². The van der Waals surface area contributed by atoms with Crippen LogP contribution >= 0.6 is 0 Å². The van der Waals surface area contributed by atoms with Crippen molar-refractivity contribution in [2.75, 3.05) is 6.61 Å². The summed E-state index contributed by atoms with van der Waals surface area (Å²) in [7, 11) is 0. The van der Waals surface area contributed by atoms with Crippen molar-refractivity contribution in [1.29, 1.82) is 0 Å². The maximum atomic E-state index is 12.5. The SMILES string of the molecule is CCCCCCOc1ccc(C(=O)Oc2ccc(-c3ccc(CCCCCC)cc3)cc2)cc1. The van der Waals surface area contributed by atoms with Gasteiger partial charge >= 0.3 is 5.97 Å². The second-order valence-electron chi connectivity index (χ2n) is 8.85. The molecule has 3 aromatic carbocycles. The topological polar surface area (TPSA) is 35.5 Å². The first-order chi connectivity index (χ1) is 16.7. The quantitative estimate of drug-likeness (QED) is 0.138. The van der Waals surface area contributed by atoms with Gasteiger partial charge in [-0.3, -0.25) is 0 Å². The molecule has 34 heavy (non-hydrogen) atoms. The fourth-order valence-corrected chi connectivity index (χ4v) is 3.91. The van der Waals surface area contributed by atoms with Crippen molar-refractivity contribution < 1.29 is 14.3 Å². The van der Waals surface area contributed by atoms with Crippen molar-refractivity contribution in [2.24, 2.45) is 0 Å². The molecule has 180 valence electrons. The van der Waals surface area contributed by atoms with Crippen molar-refractivity contribution in [3.05, 3.63) is 83.9 Å². The lowest BCUT2D eigenvalue weighted by molar-refractivity contribution is 0.0734. The van der Waals surface area contributed by atoms with Gasteiger partial charge in [-0.05, 0) is 72.4 Å². The summed E-state index contributed by atoms with van der Waals surface area (Å²) >= 11 is 0. The van der Waals surface area contributed by atoms with Gasteiger partial charge in [0, 0.05) is 0 Å². The highest BCUT2D eigenvalue weighted by Crippen LogP contribution is 2.24. The first kappa shape index (κ1) is 25.6. The number of esters is 1. The maximum Gasteiger partial charge on any atom is 0.343 e. The molecular weight excluding hydrogens is 420 g/mol. The van der Waals surface area contributed by atoms with Crippen LogP contribution in [0.2, 0.25) is 0 Å². The molecule has 0 amide bonds. The van der Waals surface area contributed by atoms with Crippen molar-refractivity contribution in [3.8, 4) is 22.6 Å². The highest BCUT2D eigenvalue weighted by molar-refractivity contribution is 5.91. The van der Waals surface area contributed by atoms with Crippen LogP contribution in [0.15, 0.2) is 72.8 Å². The second kappa shape index (κ2) is 14.2. The van der Waals surface area contributed by atoms with E-state index in [0.29, 0.717) is 17.9 Å². The molecule has 0 N–H and O–H groups in total. The van der Waals surface area contributed by atoms with Crippen LogP contribution in [-0.4, -0.2) is 12.6 Å². The van der Waals surface area contributed by atoms with Crippen molar-refractivity contribution >= 4 is 5.97 Å². The minimum Gasteiger partial charge on any atom is -0.494 e. The summed E-state index contributed by atoms with van der Waals surface area (Å²) in [5.74, 6) is 0.955. The predicted octanol–water partition coefficient (Wildman–Crippen LogP) is 8.65. The van der Waals surface area contributed by atoms with E-state index in [1.807, 2.05) is 36.4 Å². The predicted molar refractivity (Wildman–Crippen MR) is 141 cm³/mol. The summed E-state index contributed by atoms with van der Waals surface area (Å²) in [6.45, 7) is 5.14. The standard InChI is InChI=1S/C31H38O3/c1-3-5-7-9-11-25-12-14-26(15-13-25)27-16-22-30(23-17-27)34-31(32)28-18-20-29(21-19-28)33-24-10-8-6-4-2/h12-23H,3-11,24H2,1-2H3.